The third-order valence-corrected chi connectivity index (χ3v) is 5.70. The smallest absolute Gasteiger partial charge is 0.310 e. The van der Waals surface area contributed by atoms with Gasteiger partial charge in [-0.3, -0.25) is 14.3 Å². The summed E-state index contributed by atoms with van der Waals surface area (Å²) in [6, 6.07) is -0.984. The molecule has 1 aromatic heterocycles. The van der Waals surface area contributed by atoms with E-state index in [4.69, 9.17) is 0 Å². The lowest BCUT2D eigenvalue weighted by Crippen LogP contribution is -2.48. The molecule has 8 heteroatoms. The van der Waals surface area contributed by atoms with Crippen molar-refractivity contribution in [3.05, 3.63) is 12.4 Å². The van der Waals surface area contributed by atoms with E-state index < -0.39 is 11.6 Å². The number of rotatable bonds is 4. The number of aryl methyl sites for hydroxylation is 1. The van der Waals surface area contributed by atoms with Gasteiger partial charge in [0.2, 0.25) is 0 Å². The number of aromatic nitrogens is 2. The molecule has 0 spiro atoms. The number of hydrogen-bond donors (Lipinski definition) is 0. The maximum atomic E-state index is 13.2. The first kappa shape index (κ1) is 16.1. The van der Waals surface area contributed by atoms with Crippen LogP contribution in [0.25, 0.3) is 0 Å². The summed E-state index contributed by atoms with van der Waals surface area (Å²) in [6.07, 6.45) is 6.93. The summed E-state index contributed by atoms with van der Waals surface area (Å²) in [5.74, 6) is -0.370. The Kier molecular flexibility index (Phi) is 3.59. The van der Waals surface area contributed by atoms with Crippen molar-refractivity contribution in [1.82, 2.24) is 19.6 Å². The van der Waals surface area contributed by atoms with Crippen molar-refractivity contribution in [2.75, 3.05) is 18.0 Å². The van der Waals surface area contributed by atoms with E-state index in [9.17, 15) is 14.4 Å². The fourth-order valence-corrected chi connectivity index (χ4v) is 4.58. The Hall–Kier alpha value is -2.38. The lowest BCUT2D eigenvalue weighted by atomic mass is 9.90. The van der Waals surface area contributed by atoms with Crippen molar-refractivity contribution in [3.8, 4) is 0 Å². The molecule has 3 fully saturated rings. The van der Waals surface area contributed by atoms with Gasteiger partial charge in [-0.15, -0.1) is 0 Å². The van der Waals surface area contributed by atoms with E-state index in [1.165, 1.54) is 4.90 Å². The molecule has 4 amide bonds. The second-order valence-electron chi connectivity index (χ2n) is 7.16. The monoisotopic (exact) mass is 345 g/mol. The Bertz CT molecular complexity index is 744. The zero-order valence-electron chi connectivity index (χ0n) is 14.6. The van der Waals surface area contributed by atoms with Gasteiger partial charge in [0, 0.05) is 26.3 Å². The third-order valence-electron chi connectivity index (χ3n) is 5.70. The number of anilines is 1. The van der Waals surface area contributed by atoms with E-state index >= 15 is 0 Å². The molecule has 3 saturated heterocycles. The van der Waals surface area contributed by atoms with Crippen molar-refractivity contribution in [1.29, 1.82) is 0 Å². The molecule has 134 valence electrons. The molecule has 4 rings (SSSR count). The first-order valence-corrected chi connectivity index (χ1v) is 8.95. The second-order valence-corrected chi connectivity index (χ2v) is 7.16. The topological polar surface area (TPSA) is 78.8 Å². The highest BCUT2D eigenvalue weighted by atomic mass is 16.2. The number of carbonyl (C=O) groups is 3. The van der Waals surface area contributed by atoms with Crippen LogP contribution < -0.4 is 4.90 Å². The molecule has 3 aliphatic rings. The van der Waals surface area contributed by atoms with Gasteiger partial charge in [-0.25, -0.2) is 9.69 Å². The number of urea groups is 1. The summed E-state index contributed by atoms with van der Waals surface area (Å²) in [5.41, 5.74) is -0.00809. The molecular weight excluding hydrogens is 322 g/mol. The number of imide groups is 1. The summed E-state index contributed by atoms with van der Waals surface area (Å²) in [7, 11) is 1.79. The maximum Gasteiger partial charge on any atom is 0.328 e. The Morgan fingerprint density at radius 3 is 2.76 bits per heavy atom. The zero-order valence-corrected chi connectivity index (χ0v) is 14.6. The number of hydrogen-bond acceptors (Lipinski definition) is 4. The average Bonchev–Trinajstić information content (AvgIpc) is 3.30. The molecule has 0 bridgehead atoms. The SMILES string of the molecule is CCC[C@]12CCCN1C(=O)N([C@@H]1CCN(c3cnn(C)c3)C1=O)C2=O. The predicted molar refractivity (Wildman–Crippen MR) is 89.8 cm³/mol. The minimum Gasteiger partial charge on any atom is -0.310 e. The standard InChI is InChI=1S/C17H23N5O3/c1-3-6-17-7-4-8-21(17)16(25)22(15(17)24)13-5-9-20(14(13)23)12-10-18-19(2)11-12/h10-11,13H,3-9H2,1-2H3/t13-,17-/m1/s1. The number of carbonyl (C=O) groups excluding carboxylic acids is 3. The Labute approximate surface area is 146 Å². The fourth-order valence-electron chi connectivity index (χ4n) is 4.58. The van der Waals surface area contributed by atoms with Crippen LogP contribution in [0.5, 0.6) is 0 Å². The van der Waals surface area contributed by atoms with Crippen LogP contribution in [0.1, 0.15) is 39.0 Å². The molecule has 1 aromatic rings. The van der Waals surface area contributed by atoms with Gasteiger partial charge in [-0.2, -0.15) is 5.10 Å². The van der Waals surface area contributed by atoms with Gasteiger partial charge in [0.1, 0.15) is 11.6 Å². The quantitative estimate of drug-likeness (QED) is 0.766. The molecule has 0 N–H and O–H groups in total. The van der Waals surface area contributed by atoms with Crippen LogP contribution in [0.2, 0.25) is 0 Å². The molecule has 0 radical (unpaired) electrons. The van der Waals surface area contributed by atoms with Crippen molar-refractivity contribution in [2.45, 2.75) is 50.6 Å². The molecule has 3 aliphatic heterocycles. The normalized spacial score (nSPS) is 29.3. The van der Waals surface area contributed by atoms with Crippen LogP contribution in [0.3, 0.4) is 0 Å². The summed E-state index contributed by atoms with van der Waals surface area (Å²) < 4.78 is 1.63. The minimum absolute atomic E-state index is 0.178. The van der Waals surface area contributed by atoms with Gasteiger partial charge in [-0.05, 0) is 25.7 Å². The first-order chi connectivity index (χ1) is 12.0. The molecular formula is C17H23N5O3. The Morgan fingerprint density at radius 2 is 2.08 bits per heavy atom. The summed E-state index contributed by atoms with van der Waals surface area (Å²) in [5, 5.41) is 4.10. The minimum atomic E-state index is -0.714. The van der Waals surface area contributed by atoms with Gasteiger partial charge in [0.05, 0.1) is 11.9 Å². The number of fused-ring (bicyclic) bond motifs is 1. The molecule has 0 unspecified atom stereocenters. The summed E-state index contributed by atoms with van der Waals surface area (Å²) >= 11 is 0. The van der Waals surface area contributed by atoms with Crippen LogP contribution in [0, 0.1) is 0 Å². The number of nitrogens with zero attached hydrogens (tertiary/aromatic N) is 5. The predicted octanol–water partition coefficient (Wildman–Crippen LogP) is 1.12. The highest BCUT2D eigenvalue weighted by Gasteiger charge is 2.61. The van der Waals surface area contributed by atoms with E-state index in [2.05, 4.69) is 5.10 Å². The highest BCUT2D eigenvalue weighted by Crippen LogP contribution is 2.43. The zero-order chi connectivity index (χ0) is 17.8. The van der Waals surface area contributed by atoms with Crippen molar-refractivity contribution in [3.63, 3.8) is 0 Å². The van der Waals surface area contributed by atoms with Gasteiger partial charge in [-0.1, -0.05) is 13.3 Å². The molecule has 25 heavy (non-hydrogen) atoms. The van der Waals surface area contributed by atoms with Crippen LogP contribution >= 0.6 is 0 Å². The van der Waals surface area contributed by atoms with Gasteiger partial charge >= 0.3 is 6.03 Å². The van der Waals surface area contributed by atoms with Crippen LogP contribution in [-0.4, -0.2) is 62.1 Å². The Morgan fingerprint density at radius 1 is 1.28 bits per heavy atom. The first-order valence-electron chi connectivity index (χ1n) is 8.95. The van der Waals surface area contributed by atoms with E-state index in [0.717, 1.165) is 12.8 Å². The van der Waals surface area contributed by atoms with Crippen LogP contribution in [0.4, 0.5) is 10.5 Å². The third kappa shape index (κ3) is 2.12. The molecule has 0 aliphatic carbocycles. The molecule has 2 atom stereocenters. The molecule has 0 aromatic carbocycles. The largest absolute Gasteiger partial charge is 0.328 e. The van der Waals surface area contributed by atoms with E-state index in [0.29, 0.717) is 38.0 Å². The van der Waals surface area contributed by atoms with Gasteiger partial charge in [0.25, 0.3) is 11.8 Å². The molecule has 0 saturated carbocycles. The molecule has 8 nitrogen and oxygen atoms in total. The second kappa shape index (κ2) is 5.57. The van der Waals surface area contributed by atoms with E-state index in [1.807, 2.05) is 6.92 Å². The lowest BCUT2D eigenvalue weighted by Gasteiger charge is -2.27. The lowest BCUT2D eigenvalue weighted by molar-refractivity contribution is -0.137. The number of amides is 4. The fraction of sp³-hybridized carbons (Fsp3) is 0.647. The van der Waals surface area contributed by atoms with Gasteiger partial charge < -0.3 is 9.80 Å². The summed E-state index contributed by atoms with van der Waals surface area (Å²) in [4.78, 5) is 43.5. The summed E-state index contributed by atoms with van der Waals surface area (Å²) in [6.45, 7) is 3.12. The van der Waals surface area contributed by atoms with Crippen molar-refractivity contribution >= 4 is 23.5 Å². The molecule has 4 heterocycles. The van der Waals surface area contributed by atoms with Crippen LogP contribution in [0.15, 0.2) is 12.4 Å². The van der Waals surface area contributed by atoms with E-state index in [-0.39, 0.29) is 17.8 Å². The van der Waals surface area contributed by atoms with Crippen molar-refractivity contribution < 1.29 is 14.4 Å². The highest BCUT2D eigenvalue weighted by molar-refractivity contribution is 6.12. The van der Waals surface area contributed by atoms with Crippen molar-refractivity contribution in [2.24, 2.45) is 7.05 Å². The van der Waals surface area contributed by atoms with E-state index in [1.54, 1.807) is 33.9 Å². The van der Waals surface area contributed by atoms with Crippen LogP contribution in [-0.2, 0) is 16.6 Å². The van der Waals surface area contributed by atoms with Gasteiger partial charge in [0.15, 0.2) is 0 Å². The maximum absolute atomic E-state index is 13.2. The average molecular weight is 345 g/mol. The Balaban J connectivity index is 1.61.